The number of aromatic nitrogens is 3. The first kappa shape index (κ1) is 14.2. The van der Waals surface area contributed by atoms with Gasteiger partial charge in [0.2, 0.25) is 0 Å². The summed E-state index contributed by atoms with van der Waals surface area (Å²) in [6.45, 7) is 7.89. The van der Waals surface area contributed by atoms with Crippen LogP contribution in [-0.2, 0) is 0 Å². The Hall–Kier alpha value is -1.19. The standard InChI is InChI=1S/C14H15Cl2N3/c1-7(2)11-12(15)18-14(19-13(11)16)10-5-8(3)17-9(4)6-10/h5-7H,1-4H3. The predicted molar refractivity (Wildman–Crippen MR) is 78.8 cm³/mol. The monoisotopic (exact) mass is 295 g/mol. The molecule has 0 saturated heterocycles. The third-order valence-electron chi connectivity index (χ3n) is 2.77. The zero-order chi connectivity index (χ0) is 14.2. The molecule has 0 aromatic carbocycles. The van der Waals surface area contributed by atoms with Crippen LogP contribution < -0.4 is 0 Å². The quantitative estimate of drug-likeness (QED) is 0.761. The van der Waals surface area contributed by atoms with E-state index in [0.717, 1.165) is 22.5 Å². The van der Waals surface area contributed by atoms with Gasteiger partial charge in [-0.15, -0.1) is 0 Å². The van der Waals surface area contributed by atoms with Gasteiger partial charge in [-0.25, -0.2) is 9.97 Å². The van der Waals surface area contributed by atoms with Crippen molar-refractivity contribution in [2.24, 2.45) is 0 Å². The molecular weight excluding hydrogens is 281 g/mol. The first-order valence-electron chi connectivity index (χ1n) is 6.07. The lowest BCUT2D eigenvalue weighted by Crippen LogP contribution is -2.00. The SMILES string of the molecule is Cc1cc(-c2nc(Cl)c(C(C)C)c(Cl)n2)cc(C)n1. The molecular formula is C14H15Cl2N3. The van der Waals surface area contributed by atoms with Gasteiger partial charge < -0.3 is 0 Å². The fourth-order valence-corrected chi connectivity index (χ4v) is 2.81. The van der Waals surface area contributed by atoms with Gasteiger partial charge in [-0.3, -0.25) is 4.98 Å². The van der Waals surface area contributed by atoms with Crippen LogP contribution in [0.25, 0.3) is 11.4 Å². The van der Waals surface area contributed by atoms with Crippen LogP contribution in [0.2, 0.25) is 10.3 Å². The summed E-state index contributed by atoms with van der Waals surface area (Å²) in [4.78, 5) is 13.0. The summed E-state index contributed by atoms with van der Waals surface area (Å²) in [5.41, 5.74) is 3.50. The third kappa shape index (κ3) is 3.04. The molecule has 2 rings (SSSR count). The van der Waals surface area contributed by atoms with Gasteiger partial charge in [-0.2, -0.15) is 0 Å². The summed E-state index contributed by atoms with van der Waals surface area (Å²) in [6.07, 6.45) is 0. The third-order valence-corrected chi connectivity index (χ3v) is 3.35. The minimum absolute atomic E-state index is 0.190. The maximum absolute atomic E-state index is 6.21. The maximum atomic E-state index is 6.21. The lowest BCUT2D eigenvalue weighted by atomic mass is 10.1. The lowest BCUT2D eigenvalue weighted by Gasteiger charge is -2.11. The molecule has 0 saturated carbocycles. The van der Waals surface area contributed by atoms with Crippen molar-refractivity contribution in [1.29, 1.82) is 0 Å². The number of pyridine rings is 1. The summed E-state index contributed by atoms with van der Waals surface area (Å²) in [6, 6.07) is 3.84. The van der Waals surface area contributed by atoms with E-state index < -0.39 is 0 Å². The van der Waals surface area contributed by atoms with E-state index in [2.05, 4.69) is 15.0 Å². The van der Waals surface area contributed by atoms with Crippen molar-refractivity contribution in [2.75, 3.05) is 0 Å². The van der Waals surface area contributed by atoms with Gasteiger partial charge in [-0.05, 0) is 31.9 Å². The van der Waals surface area contributed by atoms with Gasteiger partial charge >= 0.3 is 0 Å². The fraction of sp³-hybridized carbons (Fsp3) is 0.357. The highest BCUT2D eigenvalue weighted by Crippen LogP contribution is 2.31. The smallest absolute Gasteiger partial charge is 0.162 e. The van der Waals surface area contributed by atoms with Crippen LogP contribution in [-0.4, -0.2) is 15.0 Å². The molecule has 3 nitrogen and oxygen atoms in total. The highest BCUT2D eigenvalue weighted by atomic mass is 35.5. The van der Waals surface area contributed by atoms with Crippen molar-refractivity contribution < 1.29 is 0 Å². The molecule has 0 spiro atoms. The Morgan fingerprint density at radius 2 is 1.37 bits per heavy atom. The van der Waals surface area contributed by atoms with E-state index in [-0.39, 0.29) is 5.92 Å². The largest absolute Gasteiger partial charge is 0.258 e. The van der Waals surface area contributed by atoms with Crippen LogP contribution in [0.15, 0.2) is 12.1 Å². The highest BCUT2D eigenvalue weighted by Gasteiger charge is 2.15. The molecule has 100 valence electrons. The summed E-state index contributed by atoms with van der Waals surface area (Å²) >= 11 is 12.4. The number of nitrogens with zero attached hydrogens (tertiary/aromatic N) is 3. The molecule has 2 aromatic heterocycles. The molecule has 19 heavy (non-hydrogen) atoms. The highest BCUT2D eigenvalue weighted by molar-refractivity contribution is 6.34. The first-order valence-corrected chi connectivity index (χ1v) is 6.82. The van der Waals surface area contributed by atoms with Crippen molar-refractivity contribution in [3.05, 3.63) is 39.4 Å². The van der Waals surface area contributed by atoms with Gasteiger partial charge in [0.1, 0.15) is 10.3 Å². The topological polar surface area (TPSA) is 38.7 Å². The Kier molecular flexibility index (Phi) is 4.07. The first-order chi connectivity index (χ1) is 8.88. The van der Waals surface area contributed by atoms with Crippen LogP contribution in [0.1, 0.15) is 36.7 Å². The van der Waals surface area contributed by atoms with E-state index in [1.165, 1.54) is 0 Å². The summed E-state index contributed by atoms with van der Waals surface area (Å²) in [5.74, 6) is 0.725. The van der Waals surface area contributed by atoms with E-state index >= 15 is 0 Å². The van der Waals surface area contributed by atoms with Crippen molar-refractivity contribution in [1.82, 2.24) is 15.0 Å². The van der Waals surface area contributed by atoms with Crippen molar-refractivity contribution in [2.45, 2.75) is 33.6 Å². The zero-order valence-electron chi connectivity index (χ0n) is 11.3. The molecule has 0 bridgehead atoms. The number of halogens is 2. The molecule has 0 aliphatic heterocycles. The second-order valence-corrected chi connectivity index (χ2v) is 5.55. The number of hydrogen-bond acceptors (Lipinski definition) is 3. The molecule has 0 N–H and O–H groups in total. The van der Waals surface area contributed by atoms with Crippen molar-refractivity contribution >= 4 is 23.2 Å². The van der Waals surface area contributed by atoms with E-state index in [1.54, 1.807) is 0 Å². The van der Waals surface area contributed by atoms with Crippen LogP contribution in [0.3, 0.4) is 0 Å². The van der Waals surface area contributed by atoms with Gasteiger partial charge in [0.25, 0.3) is 0 Å². The average molecular weight is 296 g/mol. The molecule has 0 unspecified atom stereocenters. The zero-order valence-corrected chi connectivity index (χ0v) is 12.8. The van der Waals surface area contributed by atoms with Gasteiger partial charge in [0.05, 0.1) is 0 Å². The molecule has 0 radical (unpaired) electrons. The van der Waals surface area contributed by atoms with Crippen molar-refractivity contribution in [3.63, 3.8) is 0 Å². The summed E-state index contributed by atoms with van der Waals surface area (Å²) in [5, 5.41) is 0.828. The Morgan fingerprint density at radius 3 is 1.79 bits per heavy atom. The second kappa shape index (κ2) is 5.43. The predicted octanol–water partition coefficient (Wildman–Crippen LogP) is 4.59. The van der Waals surface area contributed by atoms with Gasteiger partial charge in [0, 0.05) is 22.5 Å². The normalized spacial score (nSPS) is 11.1. The van der Waals surface area contributed by atoms with Gasteiger partial charge in [-0.1, -0.05) is 37.0 Å². The summed E-state index contributed by atoms with van der Waals surface area (Å²) < 4.78 is 0. The molecule has 5 heteroatoms. The second-order valence-electron chi connectivity index (χ2n) is 4.84. The van der Waals surface area contributed by atoms with Crippen LogP contribution in [0.4, 0.5) is 0 Å². The number of rotatable bonds is 2. The minimum Gasteiger partial charge on any atom is -0.258 e. The number of hydrogen-bond donors (Lipinski definition) is 0. The van der Waals surface area contributed by atoms with E-state index in [0.29, 0.717) is 16.1 Å². The average Bonchev–Trinajstić information content (AvgIpc) is 2.25. The molecule has 2 heterocycles. The molecule has 0 amide bonds. The maximum Gasteiger partial charge on any atom is 0.162 e. The Bertz CT molecular complexity index is 581. The Morgan fingerprint density at radius 1 is 0.895 bits per heavy atom. The molecule has 0 aliphatic rings. The molecule has 0 atom stereocenters. The molecule has 2 aromatic rings. The Labute approximate surface area is 123 Å². The summed E-state index contributed by atoms with van der Waals surface area (Å²) in [7, 11) is 0. The number of aryl methyl sites for hydroxylation is 2. The Balaban J connectivity index is 2.58. The van der Waals surface area contributed by atoms with E-state index in [1.807, 2.05) is 39.8 Å². The van der Waals surface area contributed by atoms with E-state index in [4.69, 9.17) is 23.2 Å². The van der Waals surface area contributed by atoms with Crippen molar-refractivity contribution in [3.8, 4) is 11.4 Å². The van der Waals surface area contributed by atoms with Crippen LogP contribution in [0.5, 0.6) is 0 Å². The van der Waals surface area contributed by atoms with E-state index in [9.17, 15) is 0 Å². The lowest BCUT2D eigenvalue weighted by molar-refractivity contribution is 0.848. The fourth-order valence-electron chi connectivity index (χ4n) is 1.99. The molecule has 0 fully saturated rings. The van der Waals surface area contributed by atoms with Crippen LogP contribution in [0, 0.1) is 13.8 Å². The molecule has 0 aliphatic carbocycles. The minimum atomic E-state index is 0.190. The van der Waals surface area contributed by atoms with Gasteiger partial charge in [0.15, 0.2) is 5.82 Å². The van der Waals surface area contributed by atoms with Crippen LogP contribution >= 0.6 is 23.2 Å².